The Morgan fingerprint density at radius 3 is 2.79 bits per heavy atom. The first kappa shape index (κ1) is 17.4. The van der Waals surface area contributed by atoms with Gasteiger partial charge in [0.25, 0.3) is 0 Å². The van der Waals surface area contributed by atoms with Gasteiger partial charge in [-0.25, -0.2) is 4.79 Å². The summed E-state index contributed by atoms with van der Waals surface area (Å²) in [6.45, 7) is 6.29. The molecular formula is C18H27NO5. The Hall–Kier alpha value is -1.40. The van der Waals surface area contributed by atoms with E-state index >= 15 is 0 Å². The van der Waals surface area contributed by atoms with Crippen LogP contribution in [0.3, 0.4) is 0 Å². The molecule has 0 bridgehead atoms. The van der Waals surface area contributed by atoms with Gasteiger partial charge >= 0.3 is 11.9 Å². The third kappa shape index (κ3) is 3.35. The number of nitrogens with zero attached hydrogens (tertiary/aromatic N) is 1. The standard InChI is InChI=1S/C18H27NO5/c1-3-12(8-14-10-23-17(21)11(14)2)18(22)24-9-13-4-6-19-7-5-15(20)16(13)19/h3,11,13-16,20H,4-10H2,1-2H3/b12-3+. The molecule has 6 nitrogen and oxygen atoms in total. The topological polar surface area (TPSA) is 76.1 Å². The lowest BCUT2D eigenvalue weighted by Gasteiger charge is -2.23. The molecule has 3 aliphatic rings. The molecule has 1 N–H and O–H groups in total. The SMILES string of the molecule is C/C=C(\CC1COC(=O)C1C)C(=O)OCC1CCN2CCC(O)C12. The first-order valence-electron chi connectivity index (χ1n) is 8.92. The monoisotopic (exact) mass is 337 g/mol. The molecule has 5 unspecified atom stereocenters. The highest BCUT2D eigenvalue weighted by Gasteiger charge is 2.43. The second-order valence-corrected chi connectivity index (χ2v) is 7.23. The maximum absolute atomic E-state index is 12.4. The quantitative estimate of drug-likeness (QED) is 0.599. The molecule has 3 aliphatic heterocycles. The van der Waals surface area contributed by atoms with Gasteiger partial charge in [-0.2, -0.15) is 0 Å². The van der Waals surface area contributed by atoms with Crippen LogP contribution in [-0.2, 0) is 19.1 Å². The zero-order valence-corrected chi connectivity index (χ0v) is 14.4. The molecule has 6 heteroatoms. The third-order valence-corrected chi connectivity index (χ3v) is 5.84. The number of hydrogen-bond acceptors (Lipinski definition) is 6. The van der Waals surface area contributed by atoms with Gasteiger partial charge < -0.3 is 14.6 Å². The predicted octanol–water partition coefficient (Wildman–Crippen LogP) is 1.13. The molecule has 5 atom stereocenters. The summed E-state index contributed by atoms with van der Waals surface area (Å²) in [5.41, 5.74) is 0.604. The van der Waals surface area contributed by atoms with Crippen molar-refractivity contribution in [1.29, 1.82) is 0 Å². The summed E-state index contributed by atoms with van der Waals surface area (Å²) < 4.78 is 10.6. The number of esters is 2. The average Bonchev–Trinajstić information content (AvgIpc) is 3.23. The molecule has 0 aromatic rings. The lowest BCUT2D eigenvalue weighted by molar-refractivity contribution is -0.142. The maximum Gasteiger partial charge on any atom is 0.333 e. The van der Waals surface area contributed by atoms with Crippen molar-refractivity contribution in [3.8, 4) is 0 Å². The fraction of sp³-hybridized carbons (Fsp3) is 0.778. The van der Waals surface area contributed by atoms with E-state index in [2.05, 4.69) is 4.90 Å². The number of carbonyl (C=O) groups excluding carboxylic acids is 2. The summed E-state index contributed by atoms with van der Waals surface area (Å²) in [6.07, 6.45) is 3.74. The van der Waals surface area contributed by atoms with E-state index in [1.54, 1.807) is 6.08 Å². The first-order valence-corrected chi connectivity index (χ1v) is 8.92. The molecule has 3 heterocycles. The Morgan fingerprint density at radius 2 is 2.12 bits per heavy atom. The molecule has 0 aliphatic carbocycles. The Morgan fingerprint density at radius 1 is 1.38 bits per heavy atom. The normalized spacial score (nSPS) is 36.7. The molecule has 3 fully saturated rings. The van der Waals surface area contributed by atoms with Crippen LogP contribution < -0.4 is 0 Å². The molecule has 0 saturated carbocycles. The number of rotatable bonds is 5. The Kier molecular flexibility index (Phi) is 5.25. The van der Waals surface area contributed by atoms with Crippen LogP contribution in [0.5, 0.6) is 0 Å². The molecular weight excluding hydrogens is 310 g/mol. The lowest BCUT2D eigenvalue weighted by atomic mass is 9.90. The number of hydrogen-bond donors (Lipinski definition) is 1. The number of aliphatic hydroxyl groups is 1. The van der Waals surface area contributed by atoms with E-state index in [0.29, 0.717) is 25.2 Å². The van der Waals surface area contributed by atoms with Crippen molar-refractivity contribution in [3.63, 3.8) is 0 Å². The van der Waals surface area contributed by atoms with E-state index in [-0.39, 0.29) is 41.8 Å². The highest BCUT2D eigenvalue weighted by molar-refractivity contribution is 5.88. The zero-order valence-electron chi connectivity index (χ0n) is 14.4. The minimum Gasteiger partial charge on any atom is -0.465 e. The molecule has 3 saturated heterocycles. The van der Waals surface area contributed by atoms with Crippen molar-refractivity contribution in [2.75, 3.05) is 26.3 Å². The minimum atomic E-state index is -0.310. The van der Waals surface area contributed by atoms with E-state index in [1.165, 1.54) is 0 Å². The Labute approximate surface area is 142 Å². The Bertz CT molecular complexity index is 532. The number of ether oxygens (including phenoxy) is 2. The number of aliphatic hydroxyl groups excluding tert-OH is 1. The second-order valence-electron chi connectivity index (χ2n) is 7.23. The van der Waals surface area contributed by atoms with Crippen LogP contribution in [0, 0.1) is 17.8 Å². The van der Waals surface area contributed by atoms with Gasteiger partial charge in [-0.05, 0) is 32.7 Å². The lowest BCUT2D eigenvalue weighted by Crippen LogP contribution is -2.36. The molecule has 0 aromatic heterocycles. The van der Waals surface area contributed by atoms with Gasteiger partial charge in [0.15, 0.2) is 0 Å². The highest BCUT2D eigenvalue weighted by Crippen LogP contribution is 2.33. The fourth-order valence-electron chi connectivity index (χ4n) is 4.19. The molecule has 24 heavy (non-hydrogen) atoms. The number of cyclic esters (lactones) is 1. The van der Waals surface area contributed by atoms with Crippen LogP contribution in [0.2, 0.25) is 0 Å². The first-order chi connectivity index (χ1) is 11.5. The van der Waals surface area contributed by atoms with Crippen LogP contribution in [0.4, 0.5) is 0 Å². The van der Waals surface area contributed by atoms with Crippen LogP contribution in [0.1, 0.15) is 33.1 Å². The summed E-state index contributed by atoms with van der Waals surface area (Å²) in [7, 11) is 0. The van der Waals surface area contributed by atoms with Gasteiger partial charge in [0.2, 0.25) is 0 Å². The van der Waals surface area contributed by atoms with Crippen molar-refractivity contribution in [1.82, 2.24) is 4.90 Å². The van der Waals surface area contributed by atoms with Gasteiger partial charge in [-0.15, -0.1) is 0 Å². The molecule has 0 amide bonds. The largest absolute Gasteiger partial charge is 0.465 e. The van der Waals surface area contributed by atoms with E-state index in [4.69, 9.17) is 9.47 Å². The summed E-state index contributed by atoms with van der Waals surface area (Å²) in [6, 6.07) is 0.132. The number of fused-ring (bicyclic) bond motifs is 1. The van der Waals surface area contributed by atoms with Crippen molar-refractivity contribution in [2.45, 2.75) is 45.3 Å². The number of allylic oxidation sites excluding steroid dienone is 1. The summed E-state index contributed by atoms with van der Waals surface area (Å²) in [5, 5.41) is 10.1. The smallest absolute Gasteiger partial charge is 0.333 e. The van der Waals surface area contributed by atoms with Crippen molar-refractivity contribution < 1.29 is 24.2 Å². The Balaban J connectivity index is 1.51. The fourth-order valence-corrected chi connectivity index (χ4v) is 4.19. The van der Waals surface area contributed by atoms with E-state index in [1.807, 2.05) is 13.8 Å². The van der Waals surface area contributed by atoms with Crippen LogP contribution in [-0.4, -0.2) is 60.4 Å². The minimum absolute atomic E-state index is 0.0369. The van der Waals surface area contributed by atoms with E-state index in [9.17, 15) is 14.7 Å². The predicted molar refractivity (Wildman–Crippen MR) is 87.0 cm³/mol. The third-order valence-electron chi connectivity index (χ3n) is 5.84. The zero-order chi connectivity index (χ0) is 17.3. The molecule has 3 rings (SSSR count). The van der Waals surface area contributed by atoms with Crippen molar-refractivity contribution >= 4 is 11.9 Å². The van der Waals surface area contributed by atoms with Crippen molar-refractivity contribution in [3.05, 3.63) is 11.6 Å². The van der Waals surface area contributed by atoms with Gasteiger partial charge in [-0.1, -0.05) is 13.0 Å². The van der Waals surface area contributed by atoms with E-state index in [0.717, 1.165) is 25.9 Å². The van der Waals surface area contributed by atoms with Crippen LogP contribution in [0.25, 0.3) is 0 Å². The highest BCUT2D eigenvalue weighted by atomic mass is 16.5. The summed E-state index contributed by atoms with van der Waals surface area (Å²) in [4.78, 5) is 26.2. The van der Waals surface area contributed by atoms with Crippen molar-refractivity contribution in [2.24, 2.45) is 17.8 Å². The maximum atomic E-state index is 12.4. The molecule has 0 aromatic carbocycles. The van der Waals surface area contributed by atoms with E-state index < -0.39 is 0 Å². The van der Waals surface area contributed by atoms with Crippen LogP contribution in [0.15, 0.2) is 11.6 Å². The molecule has 0 radical (unpaired) electrons. The average molecular weight is 337 g/mol. The van der Waals surface area contributed by atoms with Gasteiger partial charge in [-0.3, -0.25) is 9.69 Å². The summed E-state index contributed by atoms with van der Waals surface area (Å²) >= 11 is 0. The van der Waals surface area contributed by atoms with Crippen LogP contribution >= 0.6 is 0 Å². The second kappa shape index (κ2) is 7.23. The van der Waals surface area contributed by atoms with Gasteiger partial charge in [0.1, 0.15) is 0 Å². The van der Waals surface area contributed by atoms with Gasteiger partial charge in [0.05, 0.1) is 25.2 Å². The summed E-state index contributed by atoms with van der Waals surface area (Å²) in [5.74, 6) is -0.431. The molecule has 134 valence electrons. The number of carbonyl (C=O) groups is 2. The molecule has 0 spiro atoms. The van der Waals surface area contributed by atoms with Gasteiger partial charge in [0, 0.05) is 30.0 Å².